The van der Waals surface area contributed by atoms with Crippen molar-refractivity contribution in [3.05, 3.63) is 508 Å². The van der Waals surface area contributed by atoms with Gasteiger partial charge in [-0.2, -0.15) is 0 Å². The van der Waals surface area contributed by atoms with Crippen LogP contribution in [0.5, 0.6) is 0 Å². The second kappa shape index (κ2) is 61.3. The van der Waals surface area contributed by atoms with Gasteiger partial charge < -0.3 is 39.9 Å². The normalized spacial score (nSPS) is 9.43. The van der Waals surface area contributed by atoms with E-state index >= 15 is 0 Å². The van der Waals surface area contributed by atoms with E-state index in [4.69, 9.17) is 0 Å². The van der Waals surface area contributed by atoms with Crippen molar-refractivity contribution >= 4 is 0 Å². The number of aryl methyl sites for hydroxylation is 5. The number of benzene rings is 11. The minimum atomic E-state index is 0. The first-order valence-corrected chi connectivity index (χ1v) is 39.1. The van der Waals surface area contributed by atoms with Crippen LogP contribution in [0.2, 0.25) is 0 Å². The van der Waals surface area contributed by atoms with Crippen molar-refractivity contribution in [2.45, 2.75) is 34.6 Å². The number of pyridine rings is 8. The predicted molar refractivity (Wildman–Crippen MR) is 488 cm³/mol. The molecule has 8 nitrogen and oxygen atoms in total. The van der Waals surface area contributed by atoms with Gasteiger partial charge in [0.05, 0.1) is 0 Å². The van der Waals surface area contributed by atoms with Crippen LogP contribution in [-0.4, -0.2) is 39.9 Å². The van der Waals surface area contributed by atoms with Gasteiger partial charge in [0.25, 0.3) is 0 Å². The number of nitrogens with zero attached hydrogens (tertiary/aromatic N) is 8. The molecule has 19 aromatic rings. The Morgan fingerprint density at radius 3 is 1.00 bits per heavy atom. The van der Waals surface area contributed by atoms with Crippen LogP contribution in [0.4, 0.5) is 0 Å². The molecule has 0 aliphatic heterocycles. The van der Waals surface area contributed by atoms with Crippen molar-refractivity contribution in [2.75, 3.05) is 0 Å². The van der Waals surface area contributed by atoms with Crippen LogP contribution in [0.25, 0.3) is 123 Å². The van der Waals surface area contributed by atoms with Gasteiger partial charge in [0.1, 0.15) is 0 Å². The fourth-order valence-electron chi connectivity index (χ4n) is 12.0. The van der Waals surface area contributed by atoms with Crippen molar-refractivity contribution in [2.24, 2.45) is 0 Å². The number of hydrogen-bond donors (Lipinski definition) is 0. The molecule has 0 saturated heterocycles. The molecule has 0 atom stereocenters. The molecule has 11 aromatic carbocycles. The third-order valence-corrected chi connectivity index (χ3v) is 18.1. The van der Waals surface area contributed by atoms with Crippen LogP contribution in [0.1, 0.15) is 27.8 Å². The Hall–Kier alpha value is -10.2. The van der Waals surface area contributed by atoms with Gasteiger partial charge >= 0.3 is 0 Å². The summed E-state index contributed by atoms with van der Waals surface area (Å²) >= 11 is 0. The fraction of sp³-hybridized carbons (Fsp3) is 0.0450. The van der Waals surface area contributed by atoms with Crippen molar-refractivity contribution in [3.63, 3.8) is 0 Å². The molecular formula is C111H86Ir8N8-8. The van der Waals surface area contributed by atoms with E-state index in [9.17, 15) is 0 Å². The van der Waals surface area contributed by atoms with E-state index in [1.54, 1.807) is 12.4 Å². The molecule has 0 spiro atoms. The third kappa shape index (κ3) is 36.1. The van der Waals surface area contributed by atoms with Gasteiger partial charge in [0.2, 0.25) is 0 Å². The van der Waals surface area contributed by atoms with Gasteiger partial charge in [-0.3, -0.25) is 0 Å². The largest absolute Gasteiger partial charge is 0.305 e. The van der Waals surface area contributed by atoms with Crippen LogP contribution in [0.3, 0.4) is 0 Å². The SMILES string of the molecule is Cc1c[c-]c(-c2ccccn2)cc1.Cc1cc[c-]c(-c2ccccn2)c1.Cc1ccc(-c2[c-]cccc2)nc1.Cc1cccnc1-c1[c-]cccc1.Cc1ccnc(-c2[c-]cccc2)c1.[Ir].[Ir].[Ir].[Ir].[Ir].[Ir].[Ir].[Ir].[c-]1ccccc1-c1cc(-c2ccccc2)ccn1.[c-]1ccccc1-c1ccc(-c2ccccc2)cn1.[c-]1ccccc1-c1ncccc1-c1ccccc1. The van der Waals surface area contributed by atoms with Crippen LogP contribution >= 0.6 is 0 Å². The zero-order chi connectivity index (χ0) is 82.1. The molecular weight excluding hydrogens is 2980 g/mol. The summed E-state index contributed by atoms with van der Waals surface area (Å²) in [5, 5.41) is 0. The molecule has 19 rings (SSSR count). The fourth-order valence-corrected chi connectivity index (χ4v) is 12.0. The van der Waals surface area contributed by atoms with Gasteiger partial charge in [-0.15, -0.1) is 286 Å². The standard InChI is InChI=1S/3C17H12N.5C12H10N.8Ir/c1-3-8-14(9-4-1)16-12-7-13-18-17(16)15-10-5-2-6-11-15;1-3-7-14(8-4-1)16-11-12-18-17(13-16)15-9-5-2-6-10-15;1-3-7-14(8-4-1)16-11-12-17(18-13-16)15-9-5-2-6-10-15;1-10-5-4-6-11(9-10)12-7-2-3-8-13-12;1-10-5-7-11(8-6-10)12-4-2-3-9-13-12;1-10-6-5-9-13-12(10)11-7-3-2-4-8-11;1-10-7-8-13-12(9-10)11-5-3-2-4-6-11;1-10-7-8-12(13-9-10)11-5-3-2-4-6-11;;;;;;;;/h1-10,12-13H;2*1-9,11-13H;2-5,7-9H,1H3;2*2-7,9H,1H3;2*2-5,7-9H,1H3;;;;;;;;/q8*-1;;;;;;;;. The molecule has 0 saturated carbocycles. The molecule has 8 heterocycles. The quantitative estimate of drug-likeness (QED) is 0.118. The van der Waals surface area contributed by atoms with Crippen LogP contribution in [0.15, 0.2) is 432 Å². The second-order valence-corrected chi connectivity index (χ2v) is 27.1. The number of rotatable bonds is 11. The Morgan fingerprint density at radius 2 is 0.559 bits per heavy atom. The molecule has 0 amide bonds. The molecule has 0 N–H and O–H groups in total. The van der Waals surface area contributed by atoms with Crippen LogP contribution < -0.4 is 0 Å². The smallest absolute Gasteiger partial charge is 0.0239 e. The average Bonchev–Trinajstić information content (AvgIpc) is 0.821. The summed E-state index contributed by atoms with van der Waals surface area (Å²) in [5.74, 6) is 0. The van der Waals surface area contributed by atoms with Gasteiger partial charge in [-0.25, -0.2) is 0 Å². The summed E-state index contributed by atoms with van der Waals surface area (Å²) in [6.07, 6.45) is 14.7. The molecule has 0 fully saturated rings. The van der Waals surface area contributed by atoms with Crippen molar-refractivity contribution < 1.29 is 161 Å². The maximum absolute atomic E-state index is 4.49. The first kappa shape index (κ1) is 109. The van der Waals surface area contributed by atoms with E-state index in [-0.39, 0.29) is 161 Å². The van der Waals surface area contributed by atoms with Crippen molar-refractivity contribution in [1.29, 1.82) is 0 Å². The predicted octanol–water partition coefficient (Wildman–Crippen LogP) is 26.9. The van der Waals surface area contributed by atoms with Gasteiger partial charge in [0, 0.05) is 210 Å². The molecule has 0 aliphatic carbocycles. The first-order chi connectivity index (χ1) is 58.6. The average molecular weight is 3070 g/mol. The first-order valence-electron chi connectivity index (χ1n) is 39.1. The second-order valence-electron chi connectivity index (χ2n) is 27.1. The van der Waals surface area contributed by atoms with Crippen LogP contribution in [-0.2, 0) is 161 Å². The van der Waals surface area contributed by atoms with E-state index in [0.717, 1.165) is 101 Å². The molecule has 8 aromatic heterocycles. The molecule has 0 aliphatic rings. The summed E-state index contributed by atoms with van der Waals surface area (Å²) in [4.78, 5) is 34.8. The third-order valence-electron chi connectivity index (χ3n) is 18.1. The monoisotopic (exact) mass is 3070 g/mol. The van der Waals surface area contributed by atoms with E-state index < -0.39 is 0 Å². The molecule has 127 heavy (non-hydrogen) atoms. The Balaban J connectivity index is 0.000000303. The van der Waals surface area contributed by atoms with E-state index in [1.165, 1.54) is 50.1 Å². The Morgan fingerprint density at radius 1 is 0.181 bits per heavy atom. The van der Waals surface area contributed by atoms with E-state index in [0.29, 0.717) is 0 Å². The topological polar surface area (TPSA) is 103 Å². The van der Waals surface area contributed by atoms with Gasteiger partial charge in [-0.05, 0) is 142 Å². The molecule has 0 unspecified atom stereocenters. The van der Waals surface area contributed by atoms with Crippen molar-refractivity contribution in [3.8, 4) is 123 Å². The van der Waals surface area contributed by atoms with Gasteiger partial charge in [0.15, 0.2) is 0 Å². The maximum Gasteiger partial charge on any atom is 0.0239 e. The Kier molecular flexibility index (Phi) is 52.7. The van der Waals surface area contributed by atoms with E-state index in [2.05, 4.69) is 201 Å². The molecule has 16 heteroatoms. The van der Waals surface area contributed by atoms with E-state index in [1.807, 2.05) is 341 Å². The van der Waals surface area contributed by atoms with Crippen molar-refractivity contribution in [1.82, 2.24) is 39.9 Å². The number of aromatic nitrogens is 8. The summed E-state index contributed by atoms with van der Waals surface area (Å²) < 4.78 is 0. The summed E-state index contributed by atoms with van der Waals surface area (Å²) in [7, 11) is 0. The minimum Gasteiger partial charge on any atom is -0.305 e. The summed E-state index contributed by atoms with van der Waals surface area (Å²) in [6, 6.07) is 152. The summed E-state index contributed by atoms with van der Waals surface area (Å²) in [6.45, 7) is 10.3. The molecule has 0 bridgehead atoms. The Bertz CT molecular complexity index is 5770. The molecule has 650 valence electrons. The zero-order valence-electron chi connectivity index (χ0n) is 69.7. The molecule has 8 radical (unpaired) electrons. The number of hydrogen-bond acceptors (Lipinski definition) is 8. The van der Waals surface area contributed by atoms with Crippen LogP contribution in [0, 0.1) is 83.1 Å². The Labute approximate surface area is 857 Å². The van der Waals surface area contributed by atoms with Gasteiger partial charge in [-0.1, -0.05) is 189 Å². The maximum atomic E-state index is 4.49. The summed E-state index contributed by atoms with van der Waals surface area (Å²) in [5.41, 5.74) is 29.2. The minimum absolute atomic E-state index is 0. The zero-order valence-corrected chi connectivity index (χ0v) is 88.9.